The molecular weight excluding hydrogens is 673 g/mol. The van der Waals surface area contributed by atoms with Gasteiger partial charge in [0.1, 0.15) is 26.5 Å². The number of aliphatic hydroxyl groups is 1. The summed E-state index contributed by atoms with van der Waals surface area (Å²) in [6.45, 7) is 16.1. The molecule has 2 amide bonds. The molecule has 3 unspecified atom stereocenters. The molecule has 12 nitrogen and oxygen atoms in total. The number of hydrogen-bond acceptors (Lipinski definition) is 12. The number of ether oxygens (including phenoxy) is 3. The summed E-state index contributed by atoms with van der Waals surface area (Å²) in [6.07, 6.45) is 4.09. The molecule has 3 atom stereocenters. The smallest absolute Gasteiger partial charge is 0.414 e. The molecule has 0 aromatic heterocycles. The van der Waals surface area contributed by atoms with Gasteiger partial charge in [-0.2, -0.15) is 4.28 Å². The Bertz CT molecular complexity index is 1220. The number of thioether (sulfide) groups is 3. The van der Waals surface area contributed by atoms with Crippen LogP contribution in [0.5, 0.6) is 5.75 Å². The van der Waals surface area contributed by atoms with E-state index >= 15 is 0 Å². The monoisotopic (exact) mass is 724 g/mol. The lowest BCUT2D eigenvalue weighted by atomic mass is 10.1. The Morgan fingerprint density at radius 3 is 2.00 bits per heavy atom. The average Bonchev–Trinajstić information content (AvgIpc) is 2.94. The number of methoxy groups -OCH3 is 1. The van der Waals surface area contributed by atoms with E-state index in [1.165, 1.54) is 35.3 Å². The number of benzene rings is 1. The van der Waals surface area contributed by atoms with Crippen molar-refractivity contribution in [3.8, 4) is 5.75 Å². The fraction of sp³-hybridized carbons (Fsp3) is 0.700. The molecule has 0 saturated carbocycles. The van der Waals surface area contributed by atoms with E-state index in [9.17, 15) is 18.9 Å². The van der Waals surface area contributed by atoms with Crippen molar-refractivity contribution in [3.05, 3.63) is 22.8 Å². The summed E-state index contributed by atoms with van der Waals surface area (Å²) in [6, 6.07) is 1.11. The maximum atomic E-state index is 13.2. The third-order valence-corrected chi connectivity index (χ3v) is 13.1. The first-order valence-electron chi connectivity index (χ1n) is 14.6. The predicted octanol–water partition coefficient (Wildman–Crippen LogP) is 5.82. The summed E-state index contributed by atoms with van der Waals surface area (Å²) < 4.78 is 34.3. The van der Waals surface area contributed by atoms with Crippen LogP contribution in [-0.4, -0.2) is 86.6 Å². The first-order valence-corrected chi connectivity index (χ1v) is 19.4. The molecule has 0 fully saturated rings. The molecule has 0 saturated heterocycles. The Balaban J connectivity index is 3.20. The molecule has 0 bridgehead atoms. The van der Waals surface area contributed by atoms with Crippen LogP contribution < -0.4 is 20.9 Å². The van der Waals surface area contributed by atoms with E-state index in [2.05, 4.69) is 21.1 Å². The lowest BCUT2D eigenvalue weighted by Gasteiger charge is -2.38. The minimum atomic E-state index is -1.97. The number of alkyl carbamates (subject to hydrolysis) is 2. The Morgan fingerprint density at radius 2 is 1.50 bits per heavy atom. The van der Waals surface area contributed by atoms with Gasteiger partial charge in [-0.05, 0) is 117 Å². The zero-order valence-electron chi connectivity index (χ0n) is 29.2. The second kappa shape index (κ2) is 18.6. The highest BCUT2D eigenvalue weighted by atomic mass is 32.3. The number of nitrogens with zero attached hydrogens (tertiary/aromatic N) is 1. The van der Waals surface area contributed by atoms with Crippen molar-refractivity contribution in [1.29, 1.82) is 0 Å². The predicted molar refractivity (Wildman–Crippen MR) is 191 cm³/mol. The number of amides is 2. The number of guanidine groups is 1. The minimum Gasteiger partial charge on any atom is -0.496 e. The third-order valence-electron chi connectivity index (χ3n) is 6.44. The molecule has 0 aliphatic heterocycles. The molecular formula is C30H52N4O8S4. The third kappa shape index (κ3) is 13.3. The molecule has 0 aliphatic rings. The summed E-state index contributed by atoms with van der Waals surface area (Å²) in [5, 5.41) is 16.8. The molecule has 0 heterocycles. The van der Waals surface area contributed by atoms with Crippen LogP contribution in [-0.2, 0) is 24.8 Å². The van der Waals surface area contributed by atoms with Gasteiger partial charge in [-0.15, -0.1) is 35.3 Å². The van der Waals surface area contributed by atoms with Gasteiger partial charge in [0.2, 0.25) is 17.0 Å². The molecule has 16 heteroatoms. The zero-order chi connectivity index (χ0) is 35.5. The summed E-state index contributed by atoms with van der Waals surface area (Å²) >= 11 is 2.51. The van der Waals surface area contributed by atoms with Gasteiger partial charge in [0.05, 0.1) is 18.0 Å². The maximum Gasteiger partial charge on any atom is 0.414 e. The molecule has 1 aromatic carbocycles. The molecule has 1 rings (SSSR count). The van der Waals surface area contributed by atoms with Gasteiger partial charge in [0.25, 0.3) is 0 Å². The summed E-state index contributed by atoms with van der Waals surface area (Å²) in [5.41, 5.74) is 3.30. The number of aryl methyl sites for hydroxylation is 1. The second-order valence-corrected chi connectivity index (χ2v) is 17.3. The number of nitrogens with one attached hydrogen (secondary N) is 3. The van der Waals surface area contributed by atoms with Crippen LogP contribution in [0.15, 0.2) is 16.0 Å². The largest absolute Gasteiger partial charge is 0.496 e. The molecule has 0 aliphatic carbocycles. The van der Waals surface area contributed by atoms with Crippen molar-refractivity contribution in [3.63, 3.8) is 0 Å². The van der Waals surface area contributed by atoms with Crippen LogP contribution in [0.25, 0.3) is 0 Å². The highest BCUT2D eigenvalue weighted by Gasteiger charge is 2.41. The SMILES string of the molecule is COc1cc(C)c(S(=O)ONC(=NCCCC(NC(=O)OC(C)(C)C)C(O)C(SC)(SC)SC)NC(=O)OC(C)(C)C)c(C)c1C. The summed E-state index contributed by atoms with van der Waals surface area (Å²) in [5.74, 6) is 0.555. The minimum absolute atomic E-state index is 0.118. The molecule has 46 heavy (non-hydrogen) atoms. The van der Waals surface area contributed by atoms with Gasteiger partial charge >= 0.3 is 12.2 Å². The summed E-state index contributed by atoms with van der Waals surface area (Å²) in [7, 11) is 1.57. The van der Waals surface area contributed by atoms with Crippen molar-refractivity contribution in [2.24, 2.45) is 4.99 Å². The standard InChI is InChI=1S/C30H52N4O8S4/c1-18-17-22(39-10)19(2)20(3)23(18)46(38)42-34-25(33-27(37)41-29(7,8)9)31-16-14-15-21(32-26(36)40-28(4,5)6)24(35)30(43-11,44-12)45-13/h17,21,24,35H,14-16H2,1-13H3,(H,32,36)(H2,31,33,34,37). The van der Waals surface area contributed by atoms with Gasteiger partial charge in [-0.25, -0.2) is 19.3 Å². The highest BCUT2D eigenvalue weighted by molar-refractivity contribution is 8.33. The lowest BCUT2D eigenvalue weighted by molar-refractivity contribution is 0.0421. The van der Waals surface area contributed by atoms with Crippen LogP contribution in [0.2, 0.25) is 0 Å². The molecule has 0 radical (unpaired) electrons. The fourth-order valence-corrected chi connectivity index (χ4v) is 8.42. The first kappa shape index (κ1) is 42.2. The molecule has 0 spiro atoms. The topological polar surface area (TPSA) is 157 Å². The van der Waals surface area contributed by atoms with E-state index in [-0.39, 0.29) is 12.5 Å². The Kier molecular flexibility index (Phi) is 17.1. The zero-order valence-corrected chi connectivity index (χ0v) is 32.5. The number of aliphatic imine (C=N–C) groups is 1. The van der Waals surface area contributed by atoms with Gasteiger partial charge in [-0.1, -0.05) is 0 Å². The van der Waals surface area contributed by atoms with Gasteiger partial charge in [0, 0.05) is 6.54 Å². The van der Waals surface area contributed by atoms with Gasteiger partial charge < -0.3 is 24.6 Å². The van der Waals surface area contributed by atoms with E-state index in [1.54, 1.807) is 61.6 Å². The van der Waals surface area contributed by atoms with E-state index in [1.807, 2.05) is 32.6 Å². The van der Waals surface area contributed by atoms with Crippen molar-refractivity contribution in [1.82, 2.24) is 16.1 Å². The van der Waals surface area contributed by atoms with E-state index in [0.717, 1.165) is 11.1 Å². The van der Waals surface area contributed by atoms with Crippen LogP contribution >= 0.6 is 35.3 Å². The Morgan fingerprint density at radius 1 is 0.957 bits per heavy atom. The molecule has 264 valence electrons. The van der Waals surface area contributed by atoms with Crippen LogP contribution in [0.4, 0.5) is 9.59 Å². The van der Waals surface area contributed by atoms with Crippen molar-refractivity contribution >= 4 is 64.5 Å². The number of aliphatic hydroxyl groups excluding tert-OH is 1. The lowest BCUT2D eigenvalue weighted by Crippen LogP contribution is -2.52. The number of carbonyl (C=O) groups excluding carboxylic acids is 2. The Labute approximate surface area is 289 Å². The molecule has 1 aromatic rings. The van der Waals surface area contributed by atoms with Crippen LogP contribution in [0.1, 0.15) is 71.1 Å². The van der Waals surface area contributed by atoms with E-state index in [0.29, 0.717) is 29.1 Å². The first-order chi connectivity index (χ1) is 21.2. The Hall–Kier alpha value is -1.85. The van der Waals surface area contributed by atoms with Crippen molar-refractivity contribution < 1.29 is 37.4 Å². The molecule has 4 N–H and O–H groups in total. The average molecular weight is 725 g/mol. The van der Waals surface area contributed by atoms with Gasteiger partial charge in [-0.3, -0.25) is 10.3 Å². The second-order valence-electron chi connectivity index (χ2n) is 12.3. The van der Waals surface area contributed by atoms with Crippen LogP contribution in [0.3, 0.4) is 0 Å². The number of hydroxylamine groups is 1. The number of carbonyl (C=O) groups is 2. The fourth-order valence-electron chi connectivity index (χ4n) is 4.23. The normalized spacial score (nSPS) is 14.6. The van der Waals surface area contributed by atoms with E-state index < -0.39 is 50.0 Å². The van der Waals surface area contributed by atoms with Gasteiger partial charge in [0.15, 0.2) is 0 Å². The van der Waals surface area contributed by atoms with Crippen molar-refractivity contribution in [2.75, 3.05) is 32.4 Å². The van der Waals surface area contributed by atoms with E-state index in [4.69, 9.17) is 18.5 Å². The van der Waals surface area contributed by atoms with Crippen LogP contribution in [0, 0.1) is 20.8 Å². The number of hydrogen-bond donors (Lipinski definition) is 4. The highest BCUT2D eigenvalue weighted by Crippen LogP contribution is 2.47. The summed E-state index contributed by atoms with van der Waals surface area (Å²) in [4.78, 5) is 30.2. The maximum absolute atomic E-state index is 13.2. The van der Waals surface area contributed by atoms with Crippen molar-refractivity contribution in [2.45, 2.75) is 107 Å². The quantitative estimate of drug-likeness (QED) is 0.0600. The number of rotatable bonds is 14.